The normalized spacial score (nSPS) is 11.2. The molecule has 0 aliphatic heterocycles. The summed E-state index contributed by atoms with van der Waals surface area (Å²) in [4.78, 5) is 0. The fourth-order valence-electron chi connectivity index (χ4n) is 1.92. The van der Waals surface area contributed by atoms with Gasteiger partial charge in [-0.15, -0.1) is 0 Å². The van der Waals surface area contributed by atoms with Crippen molar-refractivity contribution in [3.05, 3.63) is 60.7 Å². The number of anilines is 2. The first-order valence-corrected chi connectivity index (χ1v) is 13.6. The second-order valence-corrected chi connectivity index (χ2v) is 16.1. The van der Waals surface area contributed by atoms with E-state index in [0.717, 1.165) is 0 Å². The second kappa shape index (κ2) is 5.15. The number of nitrogens with zero attached hydrogens (tertiary/aromatic N) is 1. The zero-order chi connectivity index (χ0) is 12.3. The minimum absolute atomic E-state index is 1.18. The van der Waals surface area contributed by atoms with Crippen LogP contribution < -0.4 is 3.86 Å². The van der Waals surface area contributed by atoms with Gasteiger partial charge in [0.15, 0.2) is 0 Å². The van der Waals surface area contributed by atoms with Gasteiger partial charge in [-0.05, 0) is 0 Å². The van der Waals surface area contributed by atoms with Gasteiger partial charge in [0.25, 0.3) is 0 Å². The maximum absolute atomic E-state index is 6.68. The van der Waals surface area contributed by atoms with Crippen LogP contribution in [0.4, 0.5) is 11.4 Å². The first kappa shape index (κ1) is 12.5. The molecule has 0 heterocycles. The third kappa shape index (κ3) is 3.05. The van der Waals surface area contributed by atoms with Gasteiger partial charge in [0, 0.05) is 0 Å². The molecule has 0 N–H and O–H groups in total. The number of rotatable bonds is 3. The number of halogens is 1. The molecular weight excluding hydrogens is 290 g/mol. The molecule has 0 saturated heterocycles. The predicted octanol–water partition coefficient (Wildman–Crippen LogP) is 4.77. The van der Waals surface area contributed by atoms with Crippen LogP contribution in [0.1, 0.15) is 0 Å². The summed E-state index contributed by atoms with van der Waals surface area (Å²) in [7, 11) is 6.68. The van der Waals surface area contributed by atoms with Gasteiger partial charge in [-0.2, -0.15) is 0 Å². The molecule has 0 aromatic heterocycles. The van der Waals surface area contributed by atoms with E-state index in [0.29, 0.717) is 0 Å². The van der Waals surface area contributed by atoms with Crippen LogP contribution in [0.2, 0.25) is 11.5 Å². The summed E-state index contributed by atoms with van der Waals surface area (Å²) in [5, 5.41) is 0. The molecular formula is C14H16ClGeN. The van der Waals surface area contributed by atoms with Gasteiger partial charge < -0.3 is 0 Å². The molecule has 0 saturated carbocycles. The van der Waals surface area contributed by atoms with Gasteiger partial charge in [0.05, 0.1) is 0 Å². The van der Waals surface area contributed by atoms with Crippen LogP contribution in [-0.2, 0) is 0 Å². The molecule has 0 spiro atoms. The first-order chi connectivity index (χ1) is 8.09. The Labute approximate surface area is 110 Å². The Kier molecular flexibility index (Phi) is 3.80. The first-order valence-electron chi connectivity index (χ1n) is 5.68. The maximum atomic E-state index is 6.68. The van der Waals surface area contributed by atoms with E-state index in [-0.39, 0.29) is 0 Å². The van der Waals surface area contributed by atoms with Crippen molar-refractivity contribution < 1.29 is 0 Å². The predicted molar refractivity (Wildman–Crippen MR) is 78.4 cm³/mol. The molecule has 0 aliphatic carbocycles. The van der Waals surface area contributed by atoms with Gasteiger partial charge in [-0.25, -0.2) is 0 Å². The molecule has 0 radical (unpaired) electrons. The fourth-order valence-corrected chi connectivity index (χ4v) is 6.13. The minimum atomic E-state index is -2.49. The summed E-state index contributed by atoms with van der Waals surface area (Å²) < 4.78 is 2.31. The summed E-state index contributed by atoms with van der Waals surface area (Å²) >= 11 is -2.49. The molecule has 0 atom stereocenters. The summed E-state index contributed by atoms with van der Waals surface area (Å²) in [5.74, 6) is 4.36. The quantitative estimate of drug-likeness (QED) is 0.739. The molecule has 0 bridgehead atoms. The molecule has 2 aromatic rings. The molecule has 3 heteroatoms. The second-order valence-electron chi connectivity index (χ2n) is 4.42. The van der Waals surface area contributed by atoms with Gasteiger partial charge in [0.2, 0.25) is 0 Å². The van der Waals surface area contributed by atoms with Gasteiger partial charge in [-0.1, -0.05) is 0 Å². The SMILES string of the molecule is [CH3][Ge]([CH3])([Cl])[N](c1ccccc1)c1ccccc1. The van der Waals surface area contributed by atoms with E-state index in [2.05, 4.69) is 63.9 Å². The van der Waals surface area contributed by atoms with E-state index in [4.69, 9.17) is 10.0 Å². The van der Waals surface area contributed by atoms with E-state index >= 15 is 0 Å². The molecule has 1 nitrogen and oxygen atoms in total. The fraction of sp³-hybridized carbons (Fsp3) is 0.143. The number of para-hydroxylation sites is 2. The van der Waals surface area contributed by atoms with Gasteiger partial charge in [0.1, 0.15) is 0 Å². The van der Waals surface area contributed by atoms with E-state index < -0.39 is 12.6 Å². The Morgan fingerprint density at radius 1 is 0.765 bits per heavy atom. The Morgan fingerprint density at radius 2 is 1.12 bits per heavy atom. The zero-order valence-electron chi connectivity index (χ0n) is 10.1. The summed E-state index contributed by atoms with van der Waals surface area (Å²) in [6.07, 6.45) is 0. The van der Waals surface area contributed by atoms with Crippen molar-refractivity contribution in [1.82, 2.24) is 0 Å². The summed E-state index contributed by atoms with van der Waals surface area (Å²) in [6, 6.07) is 20.7. The Bertz CT molecular complexity index is 425. The van der Waals surface area contributed by atoms with Crippen LogP contribution in [0, 0.1) is 0 Å². The van der Waals surface area contributed by atoms with Crippen LogP contribution in [0.5, 0.6) is 0 Å². The average molecular weight is 306 g/mol. The van der Waals surface area contributed by atoms with Crippen LogP contribution in [0.15, 0.2) is 60.7 Å². The molecule has 88 valence electrons. The van der Waals surface area contributed by atoms with E-state index in [1.165, 1.54) is 11.4 Å². The van der Waals surface area contributed by atoms with Crippen LogP contribution in [-0.4, -0.2) is 12.6 Å². The van der Waals surface area contributed by atoms with Crippen molar-refractivity contribution in [3.63, 3.8) is 0 Å². The van der Waals surface area contributed by atoms with Crippen molar-refractivity contribution in [2.75, 3.05) is 3.86 Å². The number of hydrogen-bond acceptors (Lipinski definition) is 1. The molecule has 0 aliphatic rings. The molecule has 2 aromatic carbocycles. The molecule has 0 fully saturated rings. The summed E-state index contributed by atoms with van der Waals surface area (Å²) in [5.41, 5.74) is 2.36. The number of benzene rings is 2. The van der Waals surface area contributed by atoms with Crippen molar-refractivity contribution >= 4 is 33.9 Å². The molecule has 2 rings (SSSR count). The van der Waals surface area contributed by atoms with Gasteiger partial charge in [-0.3, -0.25) is 0 Å². The summed E-state index contributed by atoms with van der Waals surface area (Å²) in [6.45, 7) is 0. The Balaban J connectivity index is 2.48. The van der Waals surface area contributed by atoms with E-state index in [1.807, 2.05) is 12.1 Å². The zero-order valence-corrected chi connectivity index (χ0v) is 13.0. The number of hydrogen-bond donors (Lipinski definition) is 0. The van der Waals surface area contributed by atoms with E-state index in [1.54, 1.807) is 0 Å². The van der Waals surface area contributed by atoms with Crippen molar-refractivity contribution in [1.29, 1.82) is 0 Å². The Morgan fingerprint density at radius 3 is 1.41 bits per heavy atom. The third-order valence-electron chi connectivity index (χ3n) is 2.56. The Hall–Kier alpha value is -0.927. The van der Waals surface area contributed by atoms with E-state index in [9.17, 15) is 0 Å². The topological polar surface area (TPSA) is 3.24 Å². The van der Waals surface area contributed by atoms with Crippen LogP contribution >= 0.6 is 10.0 Å². The van der Waals surface area contributed by atoms with Crippen molar-refractivity contribution in [2.24, 2.45) is 0 Å². The van der Waals surface area contributed by atoms with Crippen molar-refractivity contribution in [2.45, 2.75) is 11.5 Å². The van der Waals surface area contributed by atoms with Crippen molar-refractivity contribution in [3.8, 4) is 0 Å². The molecule has 0 amide bonds. The molecule has 17 heavy (non-hydrogen) atoms. The monoisotopic (exact) mass is 307 g/mol. The third-order valence-corrected chi connectivity index (χ3v) is 6.75. The van der Waals surface area contributed by atoms with Gasteiger partial charge >= 0.3 is 110 Å². The average Bonchev–Trinajstić information content (AvgIpc) is 2.30. The standard InChI is InChI=1S/C14H16ClGeN/c1-16(2,15)17(13-9-5-3-6-10-13)14-11-7-4-8-12-14/h3-12H,1-2H3. The molecule has 0 unspecified atom stereocenters. The van der Waals surface area contributed by atoms with Crippen LogP contribution in [0.25, 0.3) is 0 Å². The van der Waals surface area contributed by atoms with Crippen LogP contribution in [0.3, 0.4) is 0 Å².